The molecule has 2 aromatic rings. The topological polar surface area (TPSA) is 29.9 Å². The zero-order valence-electron chi connectivity index (χ0n) is 12.4. The Morgan fingerprint density at radius 1 is 1.30 bits per heavy atom. The smallest absolute Gasteiger partial charge is 0.0739 e. The fourth-order valence-electron chi connectivity index (χ4n) is 2.35. The fraction of sp³-hybridized carbons (Fsp3) is 0.438. The number of rotatable bonds is 6. The summed E-state index contributed by atoms with van der Waals surface area (Å²) in [6.45, 7) is 8.11. The first-order valence-corrected chi connectivity index (χ1v) is 7.90. The van der Waals surface area contributed by atoms with Crippen molar-refractivity contribution < 1.29 is 0 Å². The van der Waals surface area contributed by atoms with Gasteiger partial charge in [0.25, 0.3) is 0 Å². The molecule has 2 rings (SSSR count). The standard InChI is InChI=1S/C16H22BrN3/c1-4-20-15(16(17)13(3)19-20)11-18-12(2)10-14-8-6-5-7-9-14/h5-9,12,18H,4,10-11H2,1-3H3. The summed E-state index contributed by atoms with van der Waals surface area (Å²) in [6, 6.07) is 11.0. The molecule has 0 amide bonds. The van der Waals surface area contributed by atoms with E-state index in [9.17, 15) is 0 Å². The summed E-state index contributed by atoms with van der Waals surface area (Å²) in [5.74, 6) is 0. The summed E-state index contributed by atoms with van der Waals surface area (Å²) in [5, 5.41) is 8.11. The van der Waals surface area contributed by atoms with Crippen LogP contribution in [0.4, 0.5) is 0 Å². The largest absolute Gasteiger partial charge is 0.308 e. The minimum atomic E-state index is 0.435. The number of halogens is 1. The zero-order chi connectivity index (χ0) is 14.5. The van der Waals surface area contributed by atoms with Gasteiger partial charge in [0.15, 0.2) is 0 Å². The molecule has 1 unspecified atom stereocenters. The first-order chi connectivity index (χ1) is 9.61. The highest BCUT2D eigenvalue weighted by atomic mass is 79.9. The van der Waals surface area contributed by atoms with E-state index in [4.69, 9.17) is 0 Å². The molecule has 1 atom stereocenters. The number of nitrogens with zero attached hydrogens (tertiary/aromatic N) is 2. The highest BCUT2D eigenvalue weighted by Gasteiger charge is 2.12. The van der Waals surface area contributed by atoms with Gasteiger partial charge in [-0.3, -0.25) is 4.68 Å². The van der Waals surface area contributed by atoms with Crippen LogP contribution in [-0.4, -0.2) is 15.8 Å². The summed E-state index contributed by atoms with van der Waals surface area (Å²) >= 11 is 3.64. The van der Waals surface area contributed by atoms with Crippen LogP contribution in [0, 0.1) is 6.92 Å². The minimum absolute atomic E-state index is 0.435. The van der Waals surface area contributed by atoms with E-state index >= 15 is 0 Å². The second-order valence-electron chi connectivity index (χ2n) is 5.13. The molecule has 1 heterocycles. The number of hydrogen-bond acceptors (Lipinski definition) is 2. The van der Waals surface area contributed by atoms with Crippen LogP contribution in [0.25, 0.3) is 0 Å². The maximum atomic E-state index is 4.52. The van der Waals surface area contributed by atoms with Crippen molar-refractivity contribution >= 4 is 15.9 Å². The lowest BCUT2D eigenvalue weighted by Crippen LogP contribution is -2.28. The lowest BCUT2D eigenvalue weighted by molar-refractivity contribution is 0.513. The third-order valence-corrected chi connectivity index (χ3v) is 4.49. The van der Waals surface area contributed by atoms with Gasteiger partial charge in [0.05, 0.1) is 15.9 Å². The van der Waals surface area contributed by atoms with Gasteiger partial charge in [0.1, 0.15) is 0 Å². The SMILES string of the molecule is CCn1nc(C)c(Br)c1CNC(C)Cc1ccccc1. The van der Waals surface area contributed by atoms with Gasteiger partial charge >= 0.3 is 0 Å². The molecular formula is C16H22BrN3. The third-order valence-electron chi connectivity index (χ3n) is 3.46. The number of nitrogens with one attached hydrogen (secondary N) is 1. The second kappa shape index (κ2) is 7.04. The third kappa shape index (κ3) is 3.70. The average Bonchev–Trinajstić information content (AvgIpc) is 2.73. The van der Waals surface area contributed by atoms with Crippen LogP contribution < -0.4 is 5.32 Å². The van der Waals surface area contributed by atoms with Gasteiger partial charge in [-0.25, -0.2) is 0 Å². The maximum Gasteiger partial charge on any atom is 0.0739 e. The fourth-order valence-corrected chi connectivity index (χ4v) is 2.77. The predicted octanol–water partition coefficient (Wildman–Crippen LogP) is 3.69. The number of aromatic nitrogens is 2. The van der Waals surface area contributed by atoms with Gasteiger partial charge in [-0.1, -0.05) is 30.3 Å². The molecule has 0 bridgehead atoms. The Morgan fingerprint density at radius 2 is 2.00 bits per heavy atom. The first-order valence-electron chi connectivity index (χ1n) is 7.11. The van der Waals surface area contributed by atoms with Crippen molar-refractivity contribution in [1.29, 1.82) is 0 Å². The Labute approximate surface area is 129 Å². The van der Waals surface area contributed by atoms with E-state index in [-0.39, 0.29) is 0 Å². The van der Waals surface area contributed by atoms with Crippen molar-refractivity contribution in [2.45, 2.75) is 46.3 Å². The molecule has 1 aromatic carbocycles. The van der Waals surface area contributed by atoms with Crippen LogP contribution in [0.15, 0.2) is 34.8 Å². The first kappa shape index (κ1) is 15.3. The van der Waals surface area contributed by atoms with Gasteiger partial charge in [0.2, 0.25) is 0 Å². The van der Waals surface area contributed by atoms with Crippen molar-refractivity contribution in [2.24, 2.45) is 0 Å². The molecule has 1 N–H and O–H groups in total. The number of hydrogen-bond donors (Lipinski definition) is 1. The van der Waals surface area contributed by atoms with Crippen molar-refractivity contribution in [3.63, 3.8) is 0 Å². The average molecular weight is 336 g/mol. The van der Waals surface area contributed by atoms with Crippen molar-refractivity contribution in [1.82, 2.24) is 15.1 Å². The molecule has 0 spiro atoms. The van der Waals surface area contributed by atoms with E-state index in [0.29, 0.717) is 6.04 Å². The van der Waals surface area contributed by atoms with Gasteiger partial charge in [0, 0.05) is 19.1 Å². The molecule has 1 aromatic heterocycles. The molecule has 0 aliphatic heterocycles. The van der Waals surface area contributed by atoms with Gasteiger partial charge < -0.3 is 5.32 Å². The van der Waals surface area contributed by atoms with Crippen molar-refractivity contribution in [2.75, 3.05) is 0 Å². The van der Waals surface area contributed by atoms with Gasteiger partial charge in [-0.05, 0) is 48.7 Å². The van der Waals surface area contributed by atoms with Gasteiger partial charge in [-0.15, -0.1) is 0 Å². The van der Waals surface area contributed by atoms with Crippen LogP contribution in [-0.2, 0) is 19.5 Å². The molecule has 0 saturated carbocycles. The second-order valence-corrected chi connectivity index (χ2v) is 5.93. The maximum absolute atomic E-state index is 4.52. The zero-order valence-corrected chi connectivity index (χ0v) is 13.9. The summed E-state index contributed by atoms with van der Waals surface area (Å²) in [6.07, 6.45) is 1.04. The summed E-state index contributed by atoms with van der Waals surface area (Å²) in [7, 11) is 0. The number of benzene rings is 1. The monoisotopic (exact) mass is 335 g/mol. The van der Waals surface area contributed by atoms with Crippen LogP contribution in [0.1, 0.15) is 30.8 Å². The normalized spacial score (nSPS) is 12.6. The van der Waals surface area contributed by atoms with Crippen molar-refractivity contribution in [3.8, 4) is 0 Å². The van der Waals surface area contributed by atoms with E-state index in [1.54, 1.807) is 0 Å². The molecule has 0 fully saturated rings. The lowest BCUT2D eigenvalue weighted by atomic mass is 10.1. The van der Waals surface area contributed by atoms with Crippen LogP contribution in [0.2, 0.25) is 0 Å². The van der Waals surface area contributed by atoms with Crippen LogP contribution >= 0.6 is 15.9 Å². The molecular weight excluding hydrogens is 314 g/mol. The summed E-state index contributed by atoms with van der Waals surface area (Å²) in [4.78, 5) is 0. The minimum Gasteiger partial charge on any atom is -0.308 e. The molecule has 20 heavy (non-hydrogen) atoms. The molecule has 0 aliphatic carbocycles. The molecule has 0 aliphatic rings. The molecule has 108 valence electrons. The Balaban J connectivity index is 1.95. The lowest BCUT2D eigenvalue weighted by Gasteiger charge is -2.15. The molecule has 3 nitrogen and oxygen atoms in total. The summed E-state index contributed by atoms with van der Waals surface area (Å²) in [5.41, 5.74) is 3.65. The van der Waals surface area contributed by atoms with Crippen LogP contribution in [0.5, 0.6) is 0 Å². The van der Waals surface area contributed by atoms with Gasteiger partial charge in [-0.2, -0.15) is 5.10 Å². The van der Waals surface area contributed by atoms with Crippen LogP contribution in [0.3, 0.4) is 0 Å². The van der Waals surface area contributed by atoms with E-state index in [2.05, 4.69) is 75.2 Å². The van der Waals surface area contributed by atoms with E-state index in [1.807, 2.05) is 6.92 Å². The predicted molar refractivity (Wildman–Crippen MR) is 86.8 cm³/mol. The quantitative estimate of drug-likeness (QED) is 0.872. The summed E-state index contributed by atoms with van der Waals surface area (Å²) < 4.78 is 3.18. The van der Waals surface area contributed by atoms with E-state index in [1.165, 1.54) is 11.3 Å². The molecule has 0 radical (unpaired) electrons. The van der Waals surface area contributed by atoms with Crippen molar-refractivity contribution in [3.05, 3.63) is 51.8 Å². The molecule has 4 heteroatoms. The Kier molecular flexibility index (Phi) is 5.38. The highest BCUT2D eigenvalue weighted by Crippen LogP contribution is 2.21. The highest BCUT2D eigenvalue weighted by molar-refractivity contribution is 9.10. The Morgan fingerprint density at radius 3 is 2.65 bits per heavy atom. The Bertz CT molecular complexity index is 548. The van der Waals surface area contributed by atoms with E-state index < -0.39 is 0 Å². The Hall–Kier alpha value is -1.13. The molecule has 0 saturated heterocycles. The number of aryl methyl sites for hydroxylation is 2. The van der Waals surface area contributed by atoms with E-state index in [0.717, 1.165) is 29.7 Å².